The minimum atomic E-state index is -2.02. The maximum atomic E-state index is 12.5. The van der Waals surface area contributed by atoms with Crippen molar-refractivity contribution in [1.29, 1.82) is 0 Å². The van der Waals surface area contributed by atoms with Gasteiger partial charge in [0.25, 0.3) is 0 Å². The van der Waals surface area contributed by atoms with Crippen LogP contribution in [0.2, 0.25) is 36.3 Å². The lowest BCUT2D eigenvalue weighted by Crippen LogP contribution is -2.44. The SMILES string of the molecule is COC(=O)C(C)(C)[C@H]1C=C[C@@H](O[Si](C)(C)C(C)(C)C)CC(O[Si](C)(C)C(C)(C)C)=C1. The minimum absolute atomic E-state index is 0.0552. The summed E-state index contributed by atoms with van der Waals surface area (Å²) in [5.74, 6) is 0.610. The van der Waals surface area contributed by atoms with Crippen molar-refractivity contribution in [3.05, 3.63) is 24.0 Å². The fourth-order valence-corrected chi connectivity index (χ4v) is 5.26. The van der Waals surface area contributed by atoms with Gasteiger partial charge in [0.2, 0.25) is 8.32 Å². The van der Waals surface area contributed by atoms with Gasteiger partial charge in [-0.15, -0.1) is 0 Å². The molecular formula is C24H46O4Si2. The lowest BCUT2D eigenvalue weighted by atomic mass is 9.78. The van der Waals surface area contributed by atoms with Crippen LogP contribution in [0.5, 0.6) is 0 Å². The number of allylic oxidation sites excluding steroid dienone is 2. The number of methoxy groups -OCH3 is 1. The maximum absolute atomic E-state index is 12.5. The number of hydrogen-bond donors (Lipinski definition) is 0. The third-order valence-electron chi connectivity index (χ3n) is 7.29. The van der Waals surface area contributed by atoms with Gasteiger partial charge in [-0.1, -0.05) is 53.7 Å². The Bertz CT molecular complexity index is 676. The molecule has 0 N–H and O–H groups in total. The van der Waals surface area contributed by atoms with Gasteiger partial charge in [0, 0.05) is 12.3 Å². The first-order chi connectivity index (χ1) is 13.2. The normalized spacial score (nSPS) is 21.7. The van der Waals surface area contributed by atoms with Crippen LogP contribution in [0.15, 0.2) is 24.0 Å². The van der Waals surface area contributed by atoms with Crippen molar-refractivity contribution in [3.63, 3.8) is 0 Å². The van der Waals surface area contributed by atoms with Gasteiger partial charge in [-0.25, -0.2) is 0 Å². The Labute approximate surface area is 187 Å². The van der Waals surface area contributed by atoms with E-state index in [1.165, 1.54) is 7.11 Å². The maximum Gasteiger partial charge on any atom is 0.312 e. The van der Waals surface area contributed by atoms with Gasteiger partial charge in [-0.2, -0.15) is 0 Å². The monoisotopic (exact) mass is 454 g/mol. The highest BCUT2D eigenvalue weighted by molar-refractivity contribution is 6.74. The van der Waals surface area contributed by atoms with Gasteiger partial charge in [-0.3, -0.25) is 4.79 Å². The quantitative estimate of drug-likeness (QED) is 0.245. The van der Waals surface area contributed by atoms with E-state index in [1.54, 1.807) is 0 Å². The molecule has 2 atom stereocenters. The largest absolute Gasteiger partial charge is 0.547 e. The average molecular weight is 455 g/mol. The van der Waals surface area contributed by atoms with Crippen LogP contribution in [0.4, 0.5) is 0 Å². The zero-order chi connectivity index (χ0) is 23.8. The van der Waals surface area contributed by atoms with Crippen LogP contribution < -0.4 is 0 Å². The average Bonchev–Trinajstić information content (AvgIpc) is 2.73. The summed E-state index contributed by atoms with van der Waals surface area (Å²) in [6, 6.07) is 0. The van der Waals surface area contributed by atoms with Crippen LogP contribution in [0.25, 0.3) is 0 Å². The molecule has 30 heavy (non-hydrogen) atoms. The Morgan fingerprint density at radius 1 is 0.900 bits per heavy atom. The Hall–Kier alpha value is -0.856. The molecule has 0 aliphatic heterocycles. The van der Waals surface area contributed by atoms with Gasteiger partial charge in [0.1, 0.15) is 0 Å². The Kier molecular flexibility index (Phi) is 8.10. The van der Waals surface area contributed by atoms with Crippen LogP contribution in [0.1, 0.15) is 61.8 Å². The minimum Gasteiger partial charge on any atom is -0.547 e. The third kappa shape index (κ3) is 6.33. The molecule has 0 saturated heterocycles. The standard InChI is InChI=1S/C24H46O4Si2/c1-22(2,3)29(10,11)27-19-15-14-18(24(7,8)21(25)26-9)16-20(17-19)28-30(12,13)23(4,5)6/h14-16,18-19H,17H2,1-13H3/t18-,19+/m0/s1. The molecule has 6 heteroatoms. The van der Waals surface area contributed by atoms with Crippen molar-refractivity contribution in [2.75, 3.05) is 7.11 Å². The molecule has 0 bridgehead atoms. The predicted molar refractivity (Wildman–Crippen MR) is 131 cm³/mol. The first-order valence-corrected chi connectivity index (χ1v) is 16.9. The van der Waals surface area contributed by atoms with Gasteiger partial charge < -0.3 is 13.6 Å². The summed E-state index contributed by atoms with van der Waals surface area (Å²) in [5, 5.41) is 0.221. The summed E-state index contributed by atoms with van der Waals surface area (Å²) in [6.45, 7) is 26.4. The van der Waals surface area contributed by atoms with E-state index in [1.807, 2.05) is 13.8 Å². The molecule has 0 amide bonds. The molecule has 0 radical (unpaired) electrons. The number of esters is 1. The molecular weight excluding hydrogens is 408 g/mol. The molecule has 0 spiro atoms. The van der Waals surface area contributed by atoms with Crippen molar-refractivity contribution >= 4 is 22.6 Å². The van der Waals surface area contributed by atoms with E-state index in [0.29, 0.717) is 6.42 Å². The molecule has 1 rings (SSSR count). The zero-order valence-electron chi connectivity index (χ0n) is 21.7. The Morgan fingerprint density at radius 2 is 1.40 bits per heavy atom. The van der Waals surface area contributed by atoms with Crippen LogP contribution in [0, 0.1) is 11.3 Å². The van der Waals surface area contributed by atoms with Gasteiger partial charge >= 0.3 is 5.97 Å². The van der Waals surface area contributed by atoms with E-state index < -0.39 is 22.0 Å². The molecule has 174 valence electrons. The molecule has 0 aromatic carbocycles. The molecule has 0 aromatic heterocycles. The lowest BCUT2D eigenvalue weighted by Gasteiger charge is -2.40. The molecule has 0 aromatic rings. The Morgan fingerprint density at radius 3 is 1.83 bits per heavy atom. The second kappa shape index (κ2) is 8.95. The van der Waals surface area contributed by atoms with E-state index in [2.05, 4.69) is 86.0 Å². The molecule has 0 fully saturated rings. The van der Waals surface area contributed by atoms with Crippen LogP contribution >= 0.6 is 0 Å². The van der Waals surface area contributed by atoms with Crippen molar-refractivity contribution in [1.82, 2.24) is 0 Å². The predicted octanol–water partition coefficient (Wildman–Crippen LogP) is 7.06. The summed E-state index contributed by atoms with van der Waals surface area (Å²) in [4.78, 5) is 12.5. The molecule has 4 nitrogen and oxygen atoms in total. The van der Waals surface area contributed by atoms with Crippen molar-refractivity contribution in [3.8, 4) is 0 Å². The van der Waals surface area contributed by atoms with Crippen LogP contribution in [-0.4, -0.2) is 35.8 Å². The highest BCUT2D eigenvalue weighted by Gasteiger charge is 2.43. The second-order valence-electron chi connectivity index (χ2n) is 12.2. The number of ether oxygens (including phenoxy) is 1. The van der Waals surface area contributed by atoms with Crippen LogP contribution in [-0.2, 0) is 18.4 Å². The summed E-state index contributed by atoms with van der Waals surface area (Å²) in [7, 11) is -2.52. The number of hydrogen-bond acceptors (Lipinski definition) is 4. The van der Waals surface area contributed by atoms with Crippen LogP contribution in [0.3, 0.4) is 0 Å². The van der Waals surface area contributed by atoms with E-state index in [9.17, 15) is 4.79 Å². The topological polar surface area (TPSA) is 44.8 Å². The first kappa shape index (κ1) is 27.2. The molecule has 1 aliphatic carbocycles. The van der Waals surface area contributed by atoms with Gasteiger partial charge in [0.15, 0.2) is 8.32 Å². The summed E-state index contributed by atoms with van der Waals surface area (Å²) in [6.07, 6.45) is 7.01. The lowest BCUT2D eigenvalue weighted by molar-refractivity contribution is -0.152. The second-order valence-corrected chi connectivity index (χ2v) is 21.7. The van der Waals surface area contributed by atoms with Crippen molar-refractivity contribution in [2.45, 2.75) is 104 Å². The number of carbonyl (C=O) groups excluding carboxylic acids is 1. The fourth-order valence-electron chi connectivity index (χ4n) is 2.87. The summed E-state index contributed by atoms with van der Waals surface area (Å²) < 4.78 is 18.6. The van der Waals surface area contributed by atoms with E-state index >= 15 is 0 Å². The fraction of sp³-hybridized carbons (Fsp3) is 0.792. The number of carbonyl (C=O) groups is 1. The zero-order valence-corrected chi connectivity index (χ0v) is 23.7. The van der Waals surface area contributed by atoms with E-state index in [0.717, 1.165) is 5.76 Å². The van der Waals surface area contributed by atoms with E-state index in [-0.39, 0.29) is 28.1 Å². The third-order valence-corrected chi connectivity index (χ3v) is 16.2. The molecule has 0 saturated carbocycles. The smallest absolute Gasteiger partial charge is 0.312 e. The van der Waals surface area contributed by atoms with Gasteiger partial charge in [0.05, 0.1) is 24.4 Å². The molecule has 0 heterocycles. The summed E-state index contributed by atoms with van der Waals surface area (Å²) >= 11 is 0. The molecule has 1 aliphatic rings. The van der Waals surface area contributed by atoms with Crippen molar-refractivity contribution in [2.24, 2.45) is 11.3 Å². The Balaban J connectivity index is 3.35. The highest BCUT2D eigenvalue weighted by atomic mass is 28.4. The highest BCUT2D eigenvalue weighted by Crippen LogP contribution is 2.42. The van der Waals surface area contributed by atoms with E-state index in [4.69, 9.17) is 13.6 Å². The van der Waals surface area contributed by atoms with Gasteiger partial charge in [-0.05, 0) is 56.2 Å². The summed E-state index contributed by atoms with van der Waals surface area (Å²) in [5.41, 5.74) is -0.681. The molecule has 0 unspecified atom stereocenters. The van der Waals surface area contributed by atoms with Crippen molar-refractivity contribution < 1.29 is 18.4 Å². The first-order valence-electron chi connectivity index (χ1n) is 11.1. The number of rotatable bonds is 6.